The lowest BCUT2D eigenvalue weighted by molar-refractivity contribution is -0.129. The largest absolute Gasteiger partial charge is 0.402 e. The number of ether oxygens (including phenoxy) is 1. The maximum atomic E-state index is 13.1. The number of benzene rings is 2. The lowest BCUT2D eigenvalue weighted by Gasteiger charge is -1.98. The summed E-state index contributed by atoms with van der Waals surface area (Å²) in [6.45, 7) is 0. The van der Waals surface area contributed by atoms with Crippen LogP contribution in [0.1, 0.15) is 11.1 Å². The van der Waals surface area contributed by atoms with Crippen molar-refractivity contribution in [2.45, 2.75) is 0 Å². The predicted octanol–water partition coefficient (Wildman–Crippen LogP) is 3.77. The van der Waals surface area contributed by atoms with Crippen molar-refractivity contribution in [2.75, 3.05) is 0 Å². The van der Waals surface area contributed by atoms with E-state index in [9.17, 15) is 9.18 Å². The summed E-state index contributed by atoms with van der Waals surface area (Å²) in [6.07, 6.45) is 1.51. The Kier molecular flexibility index (Phi) is 3.83. The van der Waals surface area contributed by atoms with Gasteiger partial charge in [-0.2, -0.15) is 0 Å². The van der Waals surface area contributed by atoms with Crippen molar-refractivity contribution in [3.63, 3.8) is 0 Å². The van der Waals surface area contributed by atoms with Crippen LogP contribution >= 0.6 is 22.6 Å². The van der Waals surface area contributed by atoms with Crippen molar-refractivity contribution in [1.29, 1.82) is 0 Å². The molecule has 21 heavy (non-hydrogen) atoms. The molecule has 0 unspecified atom stereocenters. The van der Waals surface area contributed by atoms with Gasteiger partial charge in [0.15, 0.2) is 5.70 Å². The second-order valence-electron chi connectivity index (χ2n) is 4.40. The Morgan fingerprint density at radius 1 is 1.14 bits per heavy atom. The summed E-state index contributed by atoms with van der Waals surface area (Å²) >= 11 is 2.19. The molecular weight excluding hydrogens is 384 g/mol. The van der Waals surface area contributed by atoms with Crippen molar-refractivity contribution < 1.29 is 13.9 Å². The molecule has 0 aromatic heterocycles. The molecule has 2 aromatic carbocycles. The number of aliphatic imine (C=N–C) groups is 1. The zero-order valence-corrected chi connectivity index (χ0v) is 12.9. The summed E-state index contributed by atoms with van der Waals surface area (Å²) < 4.78 is 19.4. The van der Waals surface area contributed by atoms with Gasteiger partial charge in [0.05, 0.1) is 0 Å². The van der Waals surface area contributed by atoms with Gasteiger partial charge in [0, 0.05) is 9.13 Å². The summed E-state index contributed by atoms with van der Waals surface area (Å²) in [4.78, 5) is 16.0. The lowest BCUT2D eigenvalue weighted by Crippen LogP contribution is -2.05. The third-order valence-corrected chi connectivity index (χ3v) is 3.58. The summed E-state index contributed by atoms with van der Waals surface area (Å²) in [5, 5.41) is 0. The van der Waals surface area contributed by atoms with Crippen LogP contribution in [0.4, 0.5) is 4.39 Å². The highest BCUT2D eigenvalue weighted by Crippen LogP contribution is 2.20. The summed E-state index contributed by atoms with van der Waals surface area (Å²) in [6, 6.07) is 13.4. The van der Waals surface area contributed by atoms with Crippen LogP contribution in [0, 0.1) is 9.39 Å². The lowest BCUT2D eigenvalue weighted by atomic mass is 10.2. The smallest absolute Gasteiger partial charge is 0.363 e. The van der Waals surface area contributed by atoms with E-state index in [-0.39, 0.29) is 17.4 Å². The molecule has 3 rings (SSSR count). The van der Waals surface area contributed by atoms with Crippen molar-refractivity contribution in [2.24, 2.45) is 4.99 Å². The van der Waals surface area contributed by atoms with Crippen LogP contribution < -0.4 is 0 Å². The quantitative estimate of drug-likeness (QED) is 0.443. The van der Waals surface area contributed by atoms with Crippen molar-refractivity contribution in [3.8, 4) is 0 Å². The molecule has 0 amide bonds. The molecule has 3 nitrogen and oxygen atoms in total. The number of cyclic esters (lactones) is 1. The molecule has 0 aliphatic carbocycles. The minimum Gasteiger partial charge on any atom is -0.402 e. The van der Waals surface area contributed by atoms with E-state index < -0.39 is 5.97 Å². The number of esters is 1. The van der Waals surface area contributed by atoms with E-state index in [2.05, 4.69) is 27.6 Å². The zero-order chi connectivity index (χ0) is 14.8. The second-order valence-corrected chi connectivity index (χ2v) is 5.64. The maximum Gasteiger partial charge on any atom is 0.363 e. The average molecular weight is 393 g/mol. The predicted molar refractivity (Wildman–Crippen MR) is 86.2 cm³/mol. The monoisotopic (exact) mass is 393 g/mol. The van der Waals surface area contributed by atoms with E-state index in [0.717, 1.165) is 9.13 Å². The average Bonchev–Trinajstić information content (AvgIpc) is 2.81. The first-order valence-electron chi connectivity index (χ1n) is 6.16. The number of nitrogens with zero attached hydrogens (tertiary/aromatic N) is 1. The van der Waals surface area contributed by atoms with Crippen LogP contribution in [-0.4, -0.2) is 11.9 Å². The van der Waals surface area contributed by atoms with Gasteiger partial charge in [-0.15, -0.1) is 0 Å². The number of halogens is 2. The molecule has 0 fully saturated rings. The zero-order valence-electron chi connectivity index (χ0n) is 10.7. The van der Waals surface area contributed by atoms with E-state index in [1.807, 2.05) is 24.3 Å². The van der Waals surface area contributed by atoms with Gasteiger partial charge < -0.3 is 4.74 Å². The Morgan fingerprint density at radius 2 is 1.90 bits per heavy atom. The van der Waals surface area contributed by atoms with Gasteiger partial charge in [-0.1, -0.05) is 12.1 Å². The number of rotatable bonds is 2. The van der Waals surface area contributed by atoms with E-state index >= 15 is 0 Å². The number of carbonyl (C=O) groups is 1. The molecule has 0 radical (unpaired) electrons. The first-order chi connectivity index (χ1) is 10.1. The molecule has 0 bridgehead atoms. The van der Waals surface area contributed by atoms with Gasteiger partial charge in [0.1, 0.15) is 5.82 Å². The second kappa shape index (κ2) is 5.77. The Bertz CT molecular complexity index is 766. The minimum absolute atomic E-state index is 0.161. The fraction of sp³-hybridized carbons (Fsp3) is 0. The maximum absolute atomic E-state index is 13.1. The highest BCUT2D eigenvalue weighted by Gasteiger charge is 2.23. The van der Waals surface area contributed by atoms with Gasteiger partial charge in [-0.25, -0.2) is 14.2 Å². The first-order valence-corrected chi connectivity index (χ1v) is 7.24. The van der Waals surface area contributed by atoms with Gasteiger partial charge in [0.2, 0.25) is 5.90 Å². The fourth-order valence-electron chi connectivity index (χ4n) is 1.88. The summed E-state index contributed by atoms with van der Waals surface area (Å²) in [7, 11) is 0. The fourth-order valence-corrected chi connectivity index (χ4v) is 2.24. The van der Waals surface area contributed by atoms with E-state index in [0.29, 0.717) is 5.56 Å². The highest BCUT2D eigenvalue weighted by molar-refractivity contribution is 14.1. The molecule has 1 heterocycles. The van der Waals surface area contributed by atoms with E-state index in [1.54, 1.807) is 12.1 Å². The molecule has 0 atom stereocenters. The molecule has 0 N–H and O–H groups in total. The number of hydrogen-bond donors (Lipinski definition) is 0. The van der Waals surface area contributed by atoms with Crippen molar-refractivity contribution in [3.05, 3.63) is 74.7 Å². The Morgan fingerprint density at radius 3 is 2.62 bits per heavy atom. The molecule has 5 heteroatoms. The topological polar surface area (TPSA) is 38.7 Å². The van der Waals surface area contributed by atoms with Crippen LogP contribution in [0.5, 0.6) is 0 Å². The van der Waals surface area contributed by atoms with Crippen molar-refractivity contribution in [1.82, 2.24) is 0 Å². The molecule has 0 saturated carbocycles. The van der Waals surface area contributed by atoms with Crippen LogP contribution in [0.3, 0.4) is 0 Å². The molecule has 0 spiro atoms. The Labute approximate surface area is 134 Å². The molecule has 0 saturated heterocycles. The molecule has 1 aliphatic heterocycles. The third-order valence-electron chi connectivity index (χ3n) is 2.86. The van der Waals surface area contributed by atoms with Crippen LogP contribution in [-0.2, 0) is 9.53 Å². The van der Waals surface area contributed by atoms with Gasteiger partial charge in [-0.3, -0.25) is 0 Å². The minimum atomic E-state index is -0.534. The SMILES string of the molecule is O=C1OC(c2ccc(I)cc2)=N/C1=C\c1cccc(F)c1. The van der Waals surface area contributed by atoms with Gasteiger partial charge in [0.25, 0.3) is 0 Å². The van der Waals surface area contributed by atoms with Gasteiger partial charge in [-0.05, 0) is 70.6 Å². The van der Waals surface area contributed by atoms with Crippen LogP contribution in [0.25, 0.3) is 6.08 Å². The summed E-state index contributed by atoms with van der Waals surface area (Å²) in [5.74, 6) is -0.635. The van der Waals surface area contributed by atoms with Crippen LogP contribution in [0.15, 0.2) is 59.2 Å². The number of carbonyl (C=O) groups excluding carboxylic acids is 1. The van der Waals surface area contributed by atoms with E-state index in [4.69, 9.17) is 4.74 Å². The standard InChI is InChI=1S/C16H9FINO2/c17-12-3-1-2-10(8-12)9-14-16(20)21-15(19-14)11-4-6-13(18)7-5-11/h1-9H/b14-9-. The van der Waals surface area contributed by atoms with Crippen LogP contribution in [0.2, 0.25) is 0 Å². The van der Waals surface area contributed by atoms with E-state index in [1.165, 1.54) is 18.2 Å². The first kappa shape index (κ1) is 13.9. The van der Waals surface area contributed by atoms with Crippen molar-refractivity contribution >= 4 is 40.5 Å². The summed E-state index contributed by atoms with van der Waals surface area (Å²) in [5.41, 5.74) is 1.45. The molecule has 104 valence electrons. The Hall–Kier alpha value is -2.02. The number of hydrogen-bond acceptors (Lipinski definition) is 3. The molecule has 2 aromatic rings. The highest BCUT2D eigenvalue weighted by atomic mass is 127. The van der Waals surface area contributed by atoms with Gasteiger partial charge >= 0.3 is 5.97 Å². The third kappa shape index (κ3) is 3.18. The molecule has 1 aliphatic rings. The Balaban J connectivity index is 1.93. The normalized spacial score (nSPS) is 16.0. The molecular formula is C16H9FINO2.